The van der Waals surface area contributed by atoms with Crippen molar-refractivity contribution in [3.05, 3.63) is 177 Å². The van der Waals surface area contributed by atoms with Crippen molar-refractivity contribution >= 4 is 28.7 Å². The number of rotatable bonds is 4. The van der Waals surface area contributed by atoms with Crippen LogP contribution in [0.1, 0.15) is 107 Å². The lowest BCUT2D eigenvalue weighted by Crippen LogP contribution is -2.38. The number of hydrogen-bond acceptors (Lipinski definition) is 2. The zero-order valence-electron chi connectivity index (χ0n) is 34.4. The number of nitrogens with zero attached hydrogens (tertiary/aromatic N) is 1. The molecule has 0 saturated carbocycles. The third kappa shape index (κ3) is 5.14. The van der Waals surface area contributed by atoms with Crippen molar-refractivity contribution in [3.8, 4) is 22.3 Å². The highest BCUT2D eigenvalue weighted by atomic mass is 32.2. The van der Waals surface area contributed by atoms with Crippen molar-refractivity contribution < 1.29 is 0 Å². The average Bonchev–Trinajstić information content (AvgIpc) is 3.75. The van der Waals surface area contributed by atoms with E-state index >= 15 is 0 Å². The minimum Gasteiger partial charge on any atom is -0.333 e. The van der Waals surface area contributed by atoms with Crippen LogP contribution in [0.4, 0.5) is 11.4 Å². The second-order valence-corrected chi connectivity index (χ2v) is 20.2. The van der Waals surface area contributed by atoms with E-state index in [0.717, 1.165) is 0 Å². The Morgan fingerprint density at radius 3 is 2.09 bits per heavy atom. The second-order valence-electron chi connectivity index (χ2n) is 19.1. The summed E-state index contributed by atoms with van der Waals surface area (Å²) in [6.07, 6.45) is 14.1. The Morgan fingerprint density at radius 1 is 0.589 bits per heavy atom. The molecule has 0 fully saturated rings. The first kappa shape index (κ1) is 35.6. The van der Waals surface area contributed by atoms with Crippen molar-refractivity contribution in [2.24, 2.45) is 11.8 Å². The van der Waals surface area contributed by atoms with E-state index in [2.05, 4.69) is 201 Å². The van der Waals surface area contributed by atoms with Crippen molar-refractivity contribution in [1.82, 2.24) is 0 Å². The van der Waals surface area contributed by atoms with Crippen molar-refractivity contribution in [1.29, 1.82) is 0 Å². The number of fused-ring (bicyclic) bond motifs is 9. The van der Waals surface area contributed by atoms with Crippen molar-refractivity contribution in [3.63, 3.8) is 0 Å². The molecular formula is C54H53NS. The Labute approximate surface area is 339 Å². The highest BCUT2D eigenvalue weighted by Crippen LogP contribution is 2.57. The first-order valence-electron chi connectivity index (χ1n) is 20.7. The molecule has 2 heteroatoms. The van der Waals surface area contributed by atoms with Gasteiger partial charge in [0.2, 0.25) is 0 Å². The molecule has 0 bridgehead atoms. The van der Waals surface area contributed by atoms with Crippen LogP contribution in [-0.4, -0.2) is 6.04 Å². The zero-order valence-corrected chi connectivity index (χ0v) is 35.2. The molecule has 280 valence electrons. The number of thioether (sulfide) groups is 1. The Balaban J connectivity index is 1.18. The van der Waals surface area contributed by atoms with E-state index < -0.39 is 0 Å². The summed E-state index contributed by atoms with van der Waals surface area (Å²) in [4.78, 5) is 5.57. The van der Waals surface area contributed by atoms with Crippen LogP contribution in [0.5, 0.6) is 0 Å². The molecule has 10 rings (SSSR count). The van der Waals surface area contributed by atoms with E-state index in [1.54, 1.807) is 0 Å². The highest BCUT2D eigenvalue weighted by Gasteiger charge is 2.42. The van der Waals surface area contributed by atoms with Crippen LogP contribution < -0.4 is 4.90 Å². The van der Waals surface area contributed by atoms with Gasteiger partial charge < -0.3 is 4.90 Å². The average molecular weight is 748 g/mol. The summed E-state index contributed by atoms with van der Waals surface area (Å²) in [5.74, 6) is 1.13. The summed E-state index contributed by atoms with van der Waals surface area (Å²) in [6, 6.07) is 38.2. The molecule has 0 amide bonds. The summed E-state index contributed by atoms with van der Waals surface area (Å²) >= 11 is 1.96. The molecular weight excluding hydrogens is 695 g/mol. The Bertz CT molecular complexity index is 2600. The van der Waals surface area contributed by atoms with Crippen molar-refractivity contribution in [2.75, 3.05) is 4.90 Å². The van der Waals surface area contributed by atoms with Crippen LogP contribution in [-0.2, 0) is 16.2 Å². The first-order chi connectivity index (χ1) is 26.7. The van der Waals surface area contributed by atoms with Crippen LogP contribution in [0.25, 0.3) is 27.8 Å². The Morgan fingerprint density at radius 2 is 1.27 bits per heavy atom. The van der Waals surface area contributed by atoms with Crippen LogP contribution in [0.15, 0.2) is 143 Å². The molecule has 0 N–H and O–H groups in total. The van der Waals surface area contributed by atoms with Gasteiger partial charge in [0.05, 0.1) is 6.04 Å². The third-order valence-electron chi connectivity index (χ3n) is 13.8. The molecule has 4 unspecified atom stereocenters. The topological polar surface area (TPSA) is 3.24 Å². The van der Waals surface area contributed by atoms with E-state index in [-0.39, 0.29) is 28.2 Å². The SMILES string of the molecule is CC1C=CC=C2Sc3ccc(N(c4ccc5c(c4)-c4ccccc4C5(C)C)C4C(c5cccc6c5-c5ccc(C(C)(C)C)cc5C6(C)C)=CC=CC4C)cc3C21. The molecule has 0 radical (unpaired) electrons. The molecule has 4 aliphatic carbocycles. The van der Waals surface area contributed by atoms with E-state index in [4.69, 9.17) is 0 Å². The van der Waals surface area contributed by atoms with E-state index in [1.165, 1.54) is 87.9 Å². The summed E-state index contributed by atoms with van der Waals surface area (Å²) in [5.41, 5.74) is 19.2. The normalized spacial score (nSPS) is 23.0. The molecule has 1 heterocycles. The van der Waals surface area contributed by atoms with Gasteiger partial charge in [0, 0.05) is 33.0 Å². The minimum atomic E-state index is -0.0952. The predicted molar refractivity (Wildman–Crippen MR) is 240 cm³/mol. The van der Waals surface area contributed by atoms with Gasteiger partial charge >= 0.3 is 0 Å². The number of anilines is 2. The van der Waals surface area contributed by atoms with Gasteiger partial charge in [-0.3, -0.25) is 0 Å². The zero-order chi connectivity index (χ0) is 38.9. The maximum atomic E-state index is 2.70. The molecule has 0 saturated heterocycles. The minimum absolute atomic E-state index is 0.0446. The van der Waals surface area contributed by atoms with Gasteiger partial charge in [0.15, 0.2) is 0 Å². The van der Waals surface area contributed by atoms with Gasteiger partial charge in [-0.25, -0.2) is 0 Å². The lowest BCUT2D eigenvalue weighted by atomic mass is 9.78. The molecule has 0 spiro atoms. The van der Waals surface area contributed by atoms with Gasteiger partial charge in [-0.1, -0.05) is 177 Å². The Hall–Kier alpha value is -4.79. The maximum absolute atomic E-state index is 2.70. The lowest BCUT2D eigenvalue weighted by molar-refractivity contribution is 0.584. The molecule has 0 aromatic heterocycles. The van der Waals surface area contributed by atoms with E-state index in [0.29, 0.717) is 11.8 Å². The van der Waals surface area contributed by atoms with Crippen LogP contribution in [0.3, 0.4) is 0 Å². The monoisotopic (exact) mass is 747 g/mol. The molecule has 4 atom stereocenters. The van der Waals surface area contributed by atoms with Crippen LogP contribution in [0, 0.1) is 11.8 Å². The van der Waals surface area contributed by atoms with Crippen LogP contribution in [0.2, 0.25) is 0 Å². The summed E-state index contributed by atoms with van der Waals surface area (Å²) < 4.78 is 0. The van der Waals surface area contributed by atoms with E-state index in [9.17, 15) is 0 Å². The lowest BCUT2D eigenvalue weighted by Gasteiger charge is -2.41. The molecule has 5 aromatic rings. The quantitative estimate of drug-likeness (QED) is 0.180. The number of benzene rings is 5. The maximum Gasteiger partial charge on any atom is 0.0657 e. The molecule has 1 nitrogen and oxygen atoms in total. The number of allylic oxidation sites excluding steroid dienone is 6. The number of hydrogen-bond donors (Lipinski definition) is 0. The van der Waals surface area contributed by atoms with E-state index in [1.807, 2.05) is 11.8 Å². The molecule has 5 aromatic carbocycles. The highest BCUT2D eigenvalue weighted by molar-refractivity contribution is 8.03. The first-order valence-corrected chi connectivity index (χ1v) is 21.5. The Kier molecular flexibility index (Phi) is 7.86. The summed E-state index contributed by atoms with van der Waals surface area (Å²) in [6.45, 7) is 21.4. The second kappa shape index (κ2) is 12.4. The smallest absolute Gasteiger partial charge is 0.0657 e. The van der Waals surface area contributed by atoms with Gasteiger partial charge in [-0.2, -0.15) is 0 Å². The van der Waals surface area contributed by atoms with Crippen molar-refractivity contribution in [2.45, 2.75) is 95.4 Å². The van der Waals surface area contributed by atoms with Gasteiger partial charge in [-0.15, -0.1) is 0 Å². The third-order valence-corrected chi connectivity index (χ3v) is 15.1. The standard InChI is InChI=1S/C54H53NS/c1-32-15-13-22-48-49(32)42-31-36(25-28-47(42)56-48)55(35-24-27-44-41(30-35)37-17-10-11-20-43(37)53(44,6)7)51-33(2)16-12-19-39(51)38-18-14-21-45-50(38)40-26-23-34(52(3,4)5)29-46(40)54(45,8)9/h10-33,49,51H,1-9H3. The van der Waals surface area contributed by atoms with Gasteiger partial charge in [0.25, 0.3) is 0 Å². The molecule has 1 aliphatic heterocycles. The summed E-state index contributed by atoms with van der Waals surface area (Å²) in [5, 5.41) is 0. The fraction of sp³-hybridized carbons (Fsp3) is 0.296. The van der Waals surface area contributed by atoms with Crippen LogP contribution >= 0.6 is 11.8 Å². The fourth-order valence-electron chi connectivity index (χ4n) is 10.8. The summed E-state index contributed by atoms with van der Waals surface area (Å²) in [7, 11) is 0. The predicted octanol–water partition coefficient (Wildman–Crippen LogP) is 14.7. The largest absolute Gasteiger partial charge is 0.333 e. The van der Waals surface area contributed by atoms with Gasteiger partial charge in [-0.05, 0) is 119 Å². The van der Waals surface area contributed by atoms with Gasteiger partial charge in [0.1, 0.15) is 0 Å². The molecule has 56 heavy (non-hydrogen) atoms. The molecule has 5 aliphatic rings. The fourth-order valence-corrected chi connectivity index (χ4v) is 12.1.